The second-order valence-corrected chi connectivity index (χ2v) is 3.22. The molecule has 0 aliphatic heterocycles. The van der Waals surface area contributed by atoms with Crippen molar-refractivity contribution in [2.45, 2.75) is 6.92 Å². The zero-order valence-corrected chi connectivity index (χ0v) is 8.08. The Labute approximate surface area is 83.6 Å². The normalized spacial score (nSPS) is 10.1. The lowest BCUT2D eigenvalue weighted by molar-refractivity contribution is 0.426. The van der Waals surface area contributed by atoms with E-state index >= 15 is 0 Å². The minimum Gasteiger partial charge on any atom is -0.425 e. The highest BCUT2D eigenvalue weighted by atomic mass is 32.1. The predicted molar refractivity (Wildman–Crippen MR) is 48.9 cm³/mol. The van der Waals surface area contributed by atoms with E-state index < -0.39 is 5.95 Å². The van der Waals surface area contributed by atoms with Crippen molar-refractivity contribution in [2.75, 3.05) is 0 Å². The number of halogens is 1. The van der Waals surface area contributed by atoms with E-state index in [0.29, 0.717) is 11.0 Å². The molecule has 2 heterocycles. The van der Waals surface area contributed by atoms with Crippen LogP contribution in [0.2, 0.25) is 0 Å². The minimum absolute atomic E-state index is 0.0589. The smallest absolute Gasteiger partial charge is 0.298 e. The van der Waals surface area contributed by atoms with E-state index in [1.807, 2.05) is 0 Å². The highest BCUT2D eigenvalue weighted by molar-refractivity contribution is 7.07. The van der Waals surface area contributed by atoms with Gasteiger partial charge >= 0.3 is 0 Å². The first kappa shape index (κ1) is 9.01. The number of hydrogen-bond acceptors (Lipinski definition) is 5. The molecule has 2 aromatic rings. The van der Waals surface area contributed by atoms with Crippen molar-refractivity contribution in [1.82, 2.24) is 14.3 Å². The predicted octanol–water partition coefficient (Wildman–Crippen LogP) is 2.17. The Balaban J connectivity index is 2.23. The Morgan fingerprint density at radius 2 is 2.36 bits per heavy atom. The topological polar surface area (TPSA) is 47.9 Å². The Kier molecular flexibility index (Phi) is 2.36. The van der Waals surface area contributed by atoms with Crippen LogP contribution in [0.5, 0.6) is 10.9 Å². The summed E-state index contributed by atoms with van der Waals surface area (Å²) in [6.45, 7) is 1.74. The van der Waals surface area contributed by atoms with Gasteiger partial charge in [0.25, 0.3) is 11.1 Å². The van der Waals surface area contributed by atoms with Gasteiger partial charge in [0.05, 0.1) is 0 Å². The third kappa shape index (κ3) is 1.85. The van der Waals surface area contributed by atoms with Gasteiger partial charge in [-0.2, -0.15) is 13.7 Å². The molecule has 0 spiro atoms. The van der Waals surface area contributed by atoms with Crippen molar-refractivity contribution < 1.29 is 9.13 Å². The van der Waals surface area contributed by atoms with Crippen LogP contribution in [0, 0.1) is 12.9 Å². The lowest BCUT2D eigenvalue weighted by atomic mass is 10.4. The Hall–Kier alpha value is -1.56. The van der Waals surface area contributed by atoms with E-state index in [0.717, 1.165) is 11.5 Å². The molecule has 0 saturated heterocycles. The van der Waals surface area contributed by atoms with E-state index in [9.17, 15) is 4.39 Å². The van der Waals surface area contributed by atoms with Crippen molar-refractivity contribution in [3.8, 4) is 10.9 Å². The maximum absolute atomic E-state index is 13.0. The van der Waals surface area contributed by atoms with E-state index in [2.05, 4.69) is 14.3 Å². The summed E-state index contributed by atoms with van der Waals surface area (Å²) in [7, 11) is 0. The summed E-state index contributed by atoms with van der Waals surface area (Å²) >= 11 is 1.08. The van der Waals surface area contributed by atoms with Crippen LogP contribution in [0.25, 0.3) is 0 Å². The molecule has 0 unspecified atom stereocenters. The van der Waals surface area contributed by atoms with Crippen LogP contribution in [-0.4, -0.2) is 14.3 Å². The van der Waals surface area contributed by atoms with Crippen LogP contribution in [0.4, 0.5) is 4.39 Å². The largest absolute Gasteiger partial charge is 0.425 e. The third-order valence-electron chi connectivity index (χ3n) is 1.43. The number of nitrogens with zero attached hydrogens (tertiary/aromatic N) is 3. The quantitative estimate of drug-likeness (QED) is 0.714. The molecule has 0 aliphatic carbocycles. The number of aryl methyl sites for hydroxylation is 1. The van der Waals surface area contributed by atoms with Gasteiger partial charge in [0, 0.05) is 17.7 Å². The van der Waals surface area contributed by atoms with Crippen molar-refractivity contribution >= 4 is 11.5 Å². The summed E-state index contributed by atoms with van der Waals surface area (Å²) in [6, 6.07) is 3.07. The van der Waals surface area contributed by atoms with Crippen LogP contribution in [0.3, 0.4) is 0 Å². The maximum atomic E-state index is 13.0. The van der Waals surface area contributed by atoms with Gasteiger partial charge in [0.1, 0.15) is 5.82 Å². The molecule has 14 heavy (non-hydrogen) atoms. The first-order valence-corrected chi connectivity index (χ1v) is 4.62. The molecule has 0 atom stereocenters. The van der Waals surface area contributed by atoms with Crippen LogP contribution >= 0.6 is 11.5 Å². The summed E-state index contributed by atoms with van der Waals surface area (Å²) in [6.07, 6.45) is 1.35. The van der Waals surface area contributed by atoms with Gasteiger partial charge < -0.3 is 4.74 Å². The molecule has 4 nitrogen and oxygen atoms in total. The van der Waals surface area contributed by atoms with Gasteiger partial charge in [-0.05, 0) is 19.1 Å². The molecular formula is C8H6FN3OS. The van der Waals surface area contributed by atoms with Gasteiger partial charge in [-0.15, -0.1) is 0 Å². The van der Waals surface area contributed by atoms with Crippen molar-refractivity contribution in [1.29, 1.82) is 0 Å². The van der Waals surface area contributed by atoms with Gasteiger partial charge in [-0.25, -0.2) is 4.98 Å². The molecule has 0 aromatic carbocycles. The molecular weight excluding hydrogens is 205 g/mol. The molecule has 0 saturated carbocycles. The van der Waals surface area contributed by atoms with Crippen LogP contribution in [-0.2, 0) is 0 Å². The molecule has 0 N–H and O–H groups in total. The summed E-state index contributed by atoms with van der Waals surface area (Å²) in [5.74, 6) is 0.0123. The third-order valence-corrected chi connectivity index (χ3v) is 2.12. The minimum atomic E-state index is -0.652. The summed E-state index contributed by atoms with van der Waals surface area (Å²) in [5.41, 5.74) is 0. The lowest BCUT2D eigenvalue weighted by Crippen LogP contribution is -1.89. The second kappa shape index (κ2) is 3.67. The summed E-state index contributed by atoms with van der Waals surface area (Å²) < 4.78 is 22.0. The van der Waals surface area contributed by atoms with Crippen molar-refractivity contribution in [3.05, 3.63) is 30.1 Å². The molecule has 2 aromatic heterocycles. The molecule has 6 heteroatoms. The van der Waals surface area contributed by atoms with Gasteiger partial charge in [0.15, 0.2) is 5.75 Å². The molecule has 0 amide bonds. The van der Waals surface area contributed by atoms with E-state index in [1.165, 1.54) is 12.3 Å². The van der Waals surface area contributed by atoms with Crippen molar-refractivity contribution in [3.63, 3.8) is 0 Å². The second-order valence-electron chi connectivity index (χ2n) is 2.50. The average Bonchev–Trinajstić information content (AvgIpc) is 2.56. The van der Waals surface area contributed by atoms with Gasteiger partial charge in [-0.1, -0.05) is 0 Å². The van der Waals surface area contributed by atoms with Crippen LogP contribution < -0.4 is 4.74 Å². The fourth-order valence-electron chi connectivity index (χ4n) is 0.861. The number of ether oxygens (including phenoxy) is 1. The first-order chi connectivity index (χ1) is 6.75. The first-order valence-electron chi connectivity index (χ1n) is 3.84. The highest BCUT2D eigenvalue weighted by Gasteiger charge is 2.07. The highest BCUT2D eigenvalue weighted by Crippen LogP contribution is 2.23. The lowest BCUT2D eigenvalue weighted by Gasteiger charge is -1.99. The SMILES string of the molecule is Cc1nsc(Oc2cccnc2F)n1. The summed E-state index contributed by atoms with van der Waals surface area (Å²) in [5, 5.41) is 0.314. The Morgan fingerprint density at radius 3 is 3.00 bits per heavy atom. The van der Waals surface area contributed by atoms with Crippen LogP contribution in [0.1, 0.15) is 5.82 Å². The molecule has 0 aliphatic rings. The monoisotopic (exact) mass is 211 g/mol. The fourth-order valence-corrected chi connectivity index (χ4v) is 1.41. The number of hydrogen-bond donors (Lipinski definition) is 0. The number of rotatable bonds is 2. The maximum Gasteiger partial charge on any atom is 0.298 e. The molecule has 2 rings (SSSR count). The van der Waals surface area contributed by atoms with Gasteiger partial charge in [-0.3, -0.25) is 0 Å². The van der Waals surface area contributed by atoms with Crippen LogP contribution in [0.15, 0.2) is 18.3 Å². The van der Waals surface area contributed by atoms with E-state index in [-0.39, 0.29) is 5.75 Å². The van der Waals surface area contributed by atoms with E-state index in [4.69, 9.17) is 4.74 Å². The molecule has 0 bridgehead atoms. The fraction of sp³-hybridized carbons (Fsp3) is 0.125. The zero-order valence-electron chi connectivity index (χ0n) is 7.27. The summed E-state index contributed by atoms with van der Waals surface area (Å²) in [4.78, 5) is 7.38. The van der Waals surface area contributed by atoms with E-state index in [1.54, 1.807) is 13.0 Å². The Morgan fingerprint density at radius 1 is 1.50 bits per heavy atom. The number of pyridine rings is 1. The van der Waals surface area contributed by atoms with Crippen molar-refractivity contribution in [2.24, 2.45) is 0 Å². The molecule has 72 valence electrons. The standard InChI is InChI=1S/C8H6FN3OS/c1-5-11-8(14-12-5)13-6-3-2-4-10-7(6)9/h2-4H,1H3. The average molecular weight is 211 g/mol. The molecule has 0 radical (unpaired) electrons. The Bertz CT molecular complexity index is 446. The zero-order chi connectivity index (χ0) is 9.97. The number of aromatic nitrogens is 3. The van der Waals surface area contributed by atoms with Gasteiger partial charge in [0.2, 0.25) is 0 Å². The molecule has 0 fully saturated rings.